The molecule has 0 aromatic heterocycles. The summed E-state index contributed by atoms with van der Waals surface area (Å²) in [6.07, 6.45) is 1.69. The summed E-state index contributed by atoms with van der Waals surface area (Å²) < 4.78 is 11.3. The van der Waals surface area contributed by atoms with Gasteiger partial charge in [-0.2, -0.15) is 0 Å². The zero-order chi connectivity index (χ0) is 23.5. The van der Waals surface area contributed by atoms with Crippen LogP contribution < -0.4 is 14.4 Å². The van der Waals surface area contributed by atoms with E-state index in [4.69, 9.17) is 33.3 Å². The van der Waals surface area contributed by atoms with Crippen LogP contribution in [0.5, 0.6) is 11.5 Å². The minimum Gasteiger partial charge on any atom is -0.493 e. The van der Waals surface area contributed by atoms with E-state index in [1.54, 1.807) is 48.5 Å². The van der Waals surface area contributed by atoms with Crippen molar-refractivity contribution < 1.29 is 19.1 Å². The Kier molecular flexibility index (Phi) is 6.83. The molecule has 0 saturated carbocycles. The van der Waals surface area contributed by atoms with Gasteiger partial charge in [-0.05, 0) is 54.5 Å². The van der Waals surface area contributed by atoms with Gasteiger partial charge in [-0.15, -0.1) is 0 Å². The maximum absolute atomic E-state index is 13.1. The highest BCUT2D eigenvalue weighted by atomic mass is 35.5. The molecule has 1 aliphatic heterocycles. The number of hydrogen-bond donors (Lipinski definition) is 0. The Bertz CT molecular complexity index is 1290. The monoisotopic (exact) mass is 495 g/mol. The van der Waals surface area contributed by atoms with Gasteiger partial charge >= 0.3 is 5.97 Å². The van der Waals surface area contributed by atoms with Crippen molar-refractivity contribution in [2.45, 2.75) is 6.92 Å². The Balaban J connectivity index is 1.63. The van der Waals surface area contributed by atoms with Crippen LogP contribution in [0.15, 0.2) is 71.6 Å². The van der Waals surface area contributed by atoms with E-state index in [0.29, 0.717) is 20.4 Å². The lowest BCUT2D eigenvalue weighted by atomic mass is 10.1. The van der Waals surface area contributed by atoms with Crippen molar-refractivity contribution in [3.05, 3.63) is 93.3 Å². The van der Waals surface area contributed by atoms with Gasteiger partial charge in [0.1, 0.15) is 0 Å². The SMILES string of the molecule is COc1cc(C=C2SC(=S)N(c3ccccc3C)C2=O)cc(Cl)c1OC(=O)c1ccccc1. The van der Waals surface area contributed by atoms with Crippen LogP contribution in [0.1, 0.15) is 21.5 Å². The number of nitrogens with zero attached hydrogens (tertiary/aromatic N) is 1. The molecule has 3 aromatic rings. The van der Waals surface area contributed by atoms with E-state index in [2.05, 4.69) is 0 Å². The first-order chi connectivity index (χ1) is 15.9. The Labute approximate surface area is 205 Å². The zero-order valence-electron chi connectivity index (χ0n) is 17.7. The summed E-state index contributed by atoms with van der Waals surface area (Å²) >= 11 is 13.1. The van der Waals surface area contributed by atoms with Gasteiger partial charge in [0.25, 0.3) is 5.91 Å². The van der Waals surface area contributed by atoms with Crippen LogP contribution in [0.4, 0.5) is 5.69 Å². The van der Waals surface area contributed by atoms with Crippen LogP contribution >= 0.6 is 35.6 Å². The number of halogens is 1. The molecule has 3 aromatic carbocycles. The number of benzene rings is 3. The molecule has 8 heteroatoms. The standard InChI is InChI=1S/C25H18ClNO4S2/c1-15-8-6-7-11-19(15)27-23(28)21(33-25(27)32)14-16-12-18(26)22(20(13-16)30-2)31-24(29)17-9-4-3-5-10-17/h3-14H,1-2H3. The van der Waals surface area contributed by atoms with Gasteiger partial charge in [-0.1, -0.05) is 72.0 Å². The number of anilines is 1. The molecule has 5 nitrogen and oxygen atoms in total. The molecule has 166 valence electrons. The molecule has 0 aliphatic carbocycles. The molecule has 4 rings (SSSR count). The number of rotatable bonds is 5. The number of ether oxygens (including phenoxy) is 2. The van der Waals surface area contributed by atoms with Crippen molar-refractivity contribution in [2.24, 2.45) is 0 Å². The van der Waals surface area contributed by atoms with E-state index in [-0.39, 0.29) is 22.4 Å². The van der Waals surface area contributed by atoms with Gasteiger partial charge in [-0.25, -0.2) is 4.79 Å². The summed E-state index contributed by atoms with van der Waals surface area (Å²) in [6, 6.07) is 19.4. The second-order valence-corrected chi connectivity index (χ2v) is 9.18. The first-order valence-electron chi connectivity index (χ1n) is 9.87. The number of thiocarbonyl (C=S) groups is 1. The molecule has 0 unspecified atom stereocenters. The molecule has 0 bridgehead atoms. The minimum absolute atomic E-state index is 0.109. The average Bonchev–Trinajstić information content (AvgIpc) is 3.08. The van der Waals surface area contributed by atoms with E-state index in [0.717, 1.165) is 11.3 Å². The van der Waals surface area contributed by atoms with E-state index >= 15 is 0 Å². The van der Waals surface area contributed by atoms with Crippen LogP contribution in [0, 0.1) is 6.92 Å². The van der Waals surface area contributed by atoms with Crippen LogP contribution in [0.2, 0.25) is 5.02 Å². The summed E-state index contributed by atoms with van der Waals surface area (Å²) in [5.74, 6) is -0.387. The molecule has 0 radical (unpaired) electrons. The molecule has 0 N–H and O–H groups in total. The first kappa shape index (κ1) is 23.0. The van der Waals surface area contributed by atoms with E-state index in [1.807, 2.05) is 31.2 Å². The van der Waals surface area contributed by atoms with Crippen molar-refractivity contribution in [3.63, 3.8) is 0 Å². The minimum atomic E-state index is -0.553. The van der Waals surface area contributed by atoms with Crippen molar-refractivity contribution in [1.82, 2.24) is 0 Å². The normalized spacial score (nSPS) is 14.6. The van der Waals surface area contributed by atoms with Gasteiger partial charge < -0.3 is 9.47 Å². The lowest BCUT2D eigenvalue weighted by Crippen LogP contribution is -2.28. The quantitative estimate of drug-likeness (QED) is 0.180. The molecule has 33 heavy (non-hydrogen) atoms. The maximum atomic E-state index is 13.1. The van der Waals surface area contributed by atoms with Crippen LogP contribution in [0.3, 0.4) is 0 Å². The Hall–Kier alpha value is -3.13. The molecule has 1 fully saturated rings. The first-order valence-corrected chi connectivity index (χ1v) is 11.5. The number of hydrogen-bond acceptors (Lipinski definition) is 6. The maximum Gasteiger partial charge on any atom is 0.343 e. The molecule has 0 spiro atoms. The molecule has 0 atom stereocenters. The topological polar surface area (TPSA) is 55.8 Å². The number of amides is 1. The van der Waals surface area contributed by atoms with E-state index in [9.17, 15) is 9.59 Å². The molecular formula is C25H18ClNO4S2. The fourth-order valence-electron chi connectivity index (χ4n) is 3.29. The zero-order valence-corrected chi connectivity index (χ0v) is 20.1. The Morgan fingerprint density at radius 2 is 1.79 bits per heavy atom. The van der Waals surface area contributed by atoms with Gasteiger partial charge in [0, 0.05) is 0 Å². The van der Waals surface area contributed by atoms with Crippen molar-refractivity contribution >= 4 is 63.5 Å². The number of carbonyl (C=O) groups is 2. The van der Waals surface area contributed by atoms with Gasteiger partial charge in [0.2, 0.25) is 0 Å². The molecule has 1 saturated heterocycles. The predicted octanol–water partition coefficient (Wildman–Crippen LogP) is 6.28. The van der Waals surface area contributed by atoms with Crippen LogP contribution in [-0.2, 0) is 4.79 Å². The fourth-order valence-corrected chi connectivity index (χ4v) is 4.83. The molecular weight excluding hydrogens is 478 g/mol. The summed E-state index contributed by atoms with van der Waals surface area (Å²) in [5, 5.41) is 0.180. The lowest BCUT2D eigenvalue weighted by Gasteiger charge is -2.16. The van der Waals surface area contributed by atoms with Gasteiger partial charge in [-0.3, -0.25) is 9.69 Å². The number of methoxy groups -OCH3 is 1. The number of aryl methyl sites for hydroxylation is 1. The summed E-state index contributed by atoms with van der Waals surface area (Å²) in [6.45, 7) is 1.93. The molecule has 1 aliphatic rings. The second-order valence-electron chi connectivity index (χ2n) is 7.09. The Morgan fingerprint density at radius 3 is 2.48 bits per heavy atom. The highest BCUT2D eigenvalue weighted by Gasteiger charge is 2.34. The smallest absolute Gasteiger partial charge is 0.343 e. The number of thioether (sulfide) groups is 1. The summed E-state index contributed by atoms with van der Waals surface area (Å²) in [4.78, 5) is 27.5. The van der Waals surface area contributed by atoms with Crippen molar-refractivity contribution in [3.8, 4) is 11.5 Å². The average molecular weight is 496 g/mol. The molecule has 1 heterocycles. The van der Waals surface area contributed by atoms with Gasteiger partial charge in [0.15, 0.2) is 15.8 Å². The number of carbonyl (C=O) groups excluding carboxylic acids is 2. The third-order valence-electron chi connectivity index (χ3n) is 4.90. The largest absolute Gasteiger partial charge is 0.493 e. The Morgan fingerprint density at radius 1 is 1.09 bits per heavy atom. The fraction of sp³-hybridized carbons (Fsp3) is 0.0800. The highest BCUT2D eigenvalue weighted by molar-refractivity contribution is 8.27. The lowest BCUT2D eigenvalue weighted by molar-refractivity contribution is -0.113. The number of para-hydroxylation sites is 1. The van der Waals surface area contributed by atoms with Crippen molar-refractivity contribution in [1.29, 1.82) is 0 Å². The third kappa shape index (κ3) is 4.80. The summed E-state index contributed by atoms with van der Waals surface area (Å²) in [5.41, 5.74) is 2.70. The predicted molar refractivity (Wildman–Crippen MR) is 136 cm³/mol. The third-order valence-corrected chi connectivity index (χ3v) is 6.49. The van der Waals surface area contributed by atoms with Crippen LogP contribution in [-0.4, -0.2) is 23.3 Å². The van der Waals surface area contributed by atoms with Crippen LogP contribution in [0.25, 0.3) is 6.08 Å². The summed E-state index contributed by atoms with van der Waals surface area (Å²) in [7, 11) is 1.45. The van der Waals surface area contributed by atoms with E-state index in [1.165, 1.54) is 23.8 Å². The number of esters is 1. The second kappa shape index (κ2) is 9.79. The highest BCUT2D eigenvalue weighted by Crippen LogP contribution is 2.40. The van der Waals surface area contributed by atoms with Crippen molar-refractivity contribution in [2.75, 3.05) is 12.0 Å². The van der Waals surface area contributed by atoms with Gasteiger partial charge in [0.05, 0.1) is 28.3 Å². The molecule has 1 amide bonds. The van der Waals surface area contributed by atoms with E-state index < -0.39 is 5.97 Å².